The Morgan fingerprint density at radius 3 is 2.83 bits per heavy atom. The Balaban J connectivity index is 1.84. The van der Waals surface area contributed by atoms with Gasteiger partial charge in [-0.05, 0) is 19.0 Å². The molecule has 0 bridgehead atoms. The van der Waals surface area contributed by atoms with Crippen molar-refractivity contribution >= 4 is 5.91 Å². The van der Waals surface area contributed by atoms with Crippen LogP contribution in [0.4, 0.5) is 0 Å². The molecule has 98 valence electrons. The zero-order valence-corrected chi connectivity index (χ0v) is 10.9. The second-order valence-corrected chi connectivity index (χ2v) is 4.72. The molecule has 1 aliphatic heterocycles. The number of rotatable bonds is 4. The van der Waals surface area contributed by atoms with Gasteiger partial charge in [-0.2, -0.15) is 0 Å². The molecule has 1 heterocycles. The molecule has 2 rings (SSSR count). The van der Waals surface area contributed by atoms with Gasteiger partial charge in [0.2, 0.25) is 5.91 Å². The predicted octanol–water partition coefficient (Wildman–Crippen LogP) is 1.02. The number of nitrogens with zero attached hydrogens (tertiary/aromatic N) is 1. The van der Waals surface area contributed by atoms with Gasteiger partial charge in [0.05, 0.1) is 18.8 Å². The third-order valence-corrected chi connectivity index (χ3v) is 3.39. The molecule has 1 fully saturated rings. The van der Waals surface area contributed by atoms with Crippen LogP contribution in [-0.2, 0) is 16.1 Å². The Kier molecular flexibility index (Phi) is 4.33. The number of benzene rings is 1. The van der Waals surface area contributed by atoms with Gasteiger partial charge in [-0.1, -0.05) is 30.3 Å². The van der Waals surface area contributed by atoms with Gasteiger partial charge in [0.25, 0.3) is 0 Å². The summed E-state index contributed by atoms with van der Waals surface area (Å²) < 4.78 is 5.86. The van der Waals surface area contributed by atoms with Gasteiger partial charge >= 0.3 is 0 Å². The lowest BCUT2D eigenvalue weighted by Crippen LogP contribution is -2.39. The Morgan fingerprint density at radius 1 is 1.44 bits per heavy atom. The standard InChI is InChI=1S/C14H20N2O2/c1-15-14(17)13-8-12(9-16(13)2)18-10-11-6-4-3-5-7-11/h3-7,12-13H,8-10H2,1-2H3,(H,15,17)/t12?,13-/m0/s1. The molecule has 2 atom stereocenters. The summed E-state index contributed by atoms with van der Waals surface area (Å²) in [4.78, 5) is 13.7. The summed E-state index contributed by atoms with van der Waals surface area (Å²) in [6.45, 7) is 1.42. The minimum Gasteiger partial charge on any atom is -0.372 e. The zero-order valence-electron chi connectivity index (χ0n) is 10.9. The van der Waals surface area contributed by atoms with E-state index in [1.54, 1.807) is 7.05 Å². The van der Waals surface area contributed by atoms with Gasteiger partial charge < -0.3 is 10.1 Å². The van der Waals surface area contributed by atoms with Crippen LogP contribution in [0.1, 0.15) is 12.0 Å². The van der Waals surface area contributed by atoms with Crippen LogP contribution in [0.25, 0.3) is 0 Å². The van der Waals surface area contributed by atoms with E-state index in [2.05, 4.69) is 22.3 Å². The van der Waals surface area contributed by atoms with E-state index in [0.717, 1.165) is 13.0 Å². The smallest absolute Gasteiger partial charge is 0.237 e. The van der Waals surface area contributed by atoms with Crippen molar-refractivity contribution < 1.29 is 9.53 Å². The molecule has 1 saturated heterocycles. The first-order valence-corrected chi connectivity index (χ1v) is 6.28. The highest BCUT2D eigenvalue weighted by molar-refractivity contribution is 5.81. The van der Waals surface area contributed by atoms with E-state index in [1.807, 2.05) is 25.2 Å². The zero-order chi connectivity index (χ0) is 13.0. The number of carbonyl (C=O) groups is 1. The van der Waals surface area contributed by atoms with Crippen LogP contribution < -0.4 is 5.32 Å². The van der Waals surface area contributed by atoms with E-state index in [1.165, 1.54) is 5.56 Å². The van der Waals surface area contributed by atoms with Gasteiger partial charge in [-0.25, -0.2) is 0 Å². The van der Waals surface area contributed by atoms with Crippen LogP contribution in [0.3, 0.4) is 0 Å². The summed E-state index contributed by atoms with van der Waals surface area (Å²) in [7, 11) is 3.64. The molecule has 4 nitrogen and oxygen atoms in total. The number of carbonyl (C=O) groups excluding carboxylic acids is 1. The minimum atomic E-state index is -0.0595. The number of likely N-dealkylation sites (tertiary alicyclic amines) is 1. The number of hydrogen-bond donors (Lipinski definition) is 1. The predicted molar refractivity (Wildman–Crippen MR) is 70.1 cm³/mol. The lowest BCUT2D eigenvalue weighted by Gasteiger charge is -2.16. The van der Waals surface area contributed by atoms with E-state index < -0.39 is 0 Å². The Bertz CT molecular complexity index is 394. The number of nitrogens with one attached hydrogen (secondary N) is 1. The van der Waals surface area contributed by atoms with Gasteiger partial charge in [0, 0.05) is 13.6 Å². The van der Waals surface area contributed by atoms with Crippen molar-refractivity contribution in [1.82, 2.24) is 10.2 Å². The summed E-state index contributed by atoms with van der Waals surface area (Å²) >= 11 is 0. The van der Waals surface area contributed by atoms with Crippen LogP contribution in [0, 0.1) is 0 Å². The third kappa shape index (κ3) is 3.09. The van der Waals surface area contributed by atoms with Gasteiger partial charge in [-0.3, -0.25) is 9.69 Å². The Labute approximate surface area is 108 Å². The molecule has 1 aliphatic rings. The summed E-state index contributed by atoms with van der Waals surface area (Å²) in [5.41, 5.74) is 1.17. The first-order valence-electron chi connectivity index (χ1n) is 6.28. The second kappa shape index (κ2) is 5.98. The maximum Gasteiger partial charge on any atom is 0.237 e. The van der Waals surface area contributed by atoms with Crippen LogP contribution in [0.2, 0.25) is 0 Å². The van der Waals surface area contributed by atoms with Crippen LogP contribution in [-0.4, -0.2) is 43.6 Å². The van der Waals surface area contributed by atoms with E-state index in [4.69, 9.17) is 4.74 Å². The first kappa shape index (κ1) is 13.1. The van der Waals surface area contributed by atoms with E-state index in [0.29, 0.717) is 6.61 Å². The molecule has 18 heavy (non-hydrogen) atoms. The molecule has 0 aliphatic carbocycles. The highest BCUT2D eigenvalue weighted by atomic mass is 16.5. The molecule has 1 amide bonds. The van der Waals surface area contributed by atoms with Crippen molar-refractivity contribution in [3.05, 3.63) is 35.9 Å². The highest BCUT2D eigenvalue weighted by Crippen LogP contribution is 2.19. The fourth-order valence-electron chi connectivity index (χ4n) is 2.33. The van der Waals surface area contributed by atoms with Crippen molar-refractivity contribution in [2.75, 3.05) is 20.6 Å². The molecule has 0 aromatic heterocycles. The molecule has 1 aromatic rings. The SMILES string of the molecule is CNC(=O)[C@@H]1CC(OCc2ccccc2)CN1C. The van der Waals surface area contributed by atoms with Crippen molar-refractivity contribution in [2.24, 2.45) is 0 Å². The van der Waals surface area contributed by atoms with Crippen LogP contribution in [0.5, 0.6) is 0 Å². The normalized spacial score (nSPS) is 24.1. The third-order valence-electron chi connectivity index (χ3n) is 3.39. The lowest BCUT2D eigenvalue weighted by atomic mass is 10.2. The van der Waals surface area contributed by atoms with E-state index in [-0.39, 0.29) is 18.1 Å². The molecule has 1 aromatic carbocycles. The van der Waals surface area contributed by atoms with Crippen molar-refractivity contribution in [1.29, 1.82) is 0 Å². The Hall–Kier alpha value is -1.39. The van der Waals surface area contributed by atoms with Crippen LogP contribution >= 0.6 is 0 Å². The molecule has 1 unspecified atom stereocenters. The summed E-state index contributed by atoms with van der Waals surface area (Å²) in [5, 5.41) is 2.70. The molecule has 1 N–H and O–H groups in total. The number of ether oxygens (including phenoxy) is 1. The summed E-state index contributed by atoms with van der Waals surface area (Å²) in [6, 6.07) is 10.0. The van der Waals surface area contributed by atoms with Gasteiger partial charge in [0.15, 0.2) is 0 Å². The average Bonchev–Trinajstić information content (AvgIpc) is 2.78. The topological polar surface area (TPSA) is 41.6 Å². The number of amides is 1. The monoisotopic (exact) mass is 248 g/mol. The maximum atomic E-state index is 11.6. The molecular weight excluding hydrogens is 228 g/mol. The number of likely N-dealkylation sites (N-methyl/N-ethyl adjacent to an activating group) is 2. The quantitative estimate of drug-likeness (QED) is 0.865. The molecule has 0 saturated carbocycles. The van der Waals surface area contributed by atoms with Gasteiger partial charge in [0.1, 0.15) is 0 Å². The lowest BCUT2D eigenvalue weighted by molar-refractivity contribution is -0.124. The largest absolute Gasteiger partial charge is 0.372 e. The van der Waals surface area contributed by atoms with E-state index >= 15 is 0 Å². The molecule has 0 radical (unpaired) electrons. The second-order valence-electron chi connectivity index (χ2n) is 4.72. The van der Waals surface area contributed by atoms with Crippen LogP contribution in [0.15, 0.2) is 30.3 Å². The summed E-state index contributed by atoms with van der Waals surface area (Å²) in [5.74, 6) is 0.0725. The van der Waals surface area contributed by atoms with Crippen molar-refractivity contribution in [2.45, 2.75) is 25.2 Å². The molecule has 4 heteroatoms. The van der Waals surface area contributed by atoms with Crippen molar-refractivity contribution in [3.8, 4) is 0 Å². The number of hydrogen-bond acceptors (Lipinski definition) is 3. The highest BCUT2D eigenvalue weighted by Gasteiger charge is 2.34. The minimum absolute atomic E-state index is 0.0595. The fraction of sp³-hybridized carbons (Fsp3) is 0.500. The van der Waals surface area contributed by atoms with Gasteiger partial charge in [-0.15, -0.1) is 0 Å². The Morgan fingerprint density at radius 2 is 2.17 bits per heavy atom. The molecule has 0 spiro atoms. The van der Waals surface area contributed by atoms with Crippen molar-refractivity contribution in [3.63, 3.8) is 0 Å². The van der Waals surface area contributed by atoms with E-state index in [9.17, 15) is 4.79 Å². The molecular formula is C14H20N2O2. The first-order chi connectivity index (χ1) is 8.70. The average molecular weight is 248 g/mol. The summed E-state index contributed by atoms with van der Waals surface area (Å²) in [6.07, 6.45) is 0.903. The fourth-order valence-corrected chi connectivity index (χ4v) is 2.33. The maximum absolute atomic E-state index is 11.6.